The molecule has 0 saturated heterocycles. The normalized spacial score (nSPS) is 9.92. The Morgan fingerprint density at radius 2 is 1.92 bits per heavy atom. The van der Waals surface area contributed by atoms with E-state index >= 15 is 0 Å². The van der Waals surface area contributed by atoms with E-state index in [2.05, 4.69) is 15.9 Å². The summed E-state index contributed by atoms with van der Waals surface area (Å²) in [6, 6.07) is 3.69. The summed E-state index contributed by atoms with van der Waals surface area (Å²) in [6.07, 6.45) is 0. The second-order valence-corrected chi connectivity index (χ2v) is 3.63. The number of hydrogen-bond donors (Lipinski definition) is 1. The first kappa shape index (κ1) is 9.26. The van der Waals surface area contributed by atoms with Crippen LogP contribution in [0.5, 0.6) is 0 Å². The van der Waals surface area contributed by atoms with Crippen LogP contribution in [0, 0.1) is 13.8 Å². The molecule has 64 valence electrons. The number of primary amides is 1. The average molecular weight is 228 g/mol. The number of carbonyl (C=O) groups is 1. The van der Waals surface area contributed by atoms with Crippen LogP contribution in [0.2, 0.25) is 0 Å². The summed E-state index contributed by atoms with van der Waals surface area (Å²) in [4.78, 5) is 10.9. The van der Waals surface area contributed by atoms with Gasteiger partial charge in [-0.2, -0.15) is 0 Å². The highest BCUT2D eigenvalue weighted by molar-refractivity contribution is 9.10. The van der Waals surface area contributed by atoms with Crippen LogP contribution in [0.3, 0.4) is 0 Å². The van der Waals surface area contributed by atoms with Gasteiger partial charge in [0.2, 0.25) is 5.91 Å². The van der Waals surface area contributed by atoms with Crippen LogP contribution in [-0.4, -0.2) is 5.91 Å². The Morgan fingerprint density at radius 1 is 1.33 bits per heavy atom. The fraction of sp³-hybridized carbons (Fsp3) is 0.222. The summed E-state index contributed by atoms with van der Waals surface area (Å²) < 4.78 is 1.00. The van der Waals surface area contributed by atoms with Crippen molar-refractivity contribution in [2.75, 3.05) is 0 Å². The van der Waals surface area contributed by atoms with E-state index in [4.69, 9.17) is 5.73 Å². The first-order valence-electron chi connectivity index (χ1n) is 3.59. The van der Waals surface area contributed by atoms with Gasteiger partial charge in [-0.1, -0.05) is 15.9 Å². The van der Waals surface area contributed by atoms with Gasteiger partial charge in [0.15, 0.2) is 0 Å². The lowest BCUT2D eigenvalue weighted by Gasteiger charge is -2.04. The van der Waals surface area contributed by atoms with Crippen LogP contribution >= 0.6 is 15.9 Å². The predicted octanol–water partition coefficient (Wildman–Crippen LogP) is 2.16. The lowest BCUT2D eigenvalue weighted by Crippen LogP contribution is -2.12. The van der Waals surface area contributed by atoms with Crippen LogP contribution in [0.4, 0.5) is 0 Å². The molecule has 0 fully saturated rings. The minimum Gasteiger partial charge on any atom is -0.366 e. The Bertz CT molecular complexity index is 334. The van der Waals surface area contributed by atoms with Gasteiger partial charge in [0.25, 0.3) is 0 Å². The zero-order chi connectivity index (χ0) is 9.30. The first-order chi connectivity index (χ1) is 5.52. The van der Waals surface area contributed by atoms with Gasteiger partial charge in [0, 0.05) is 10.0 Å². The maximum atomic E-state index is 10.9. The lowest BCUT2D eigenvalue weighted by molar-refractivity contribution is 0.0999. The third-order valence-corrected chi connectivity index (χ3v) is 2.63. The van der Waals surface area contributed by atoms with Gasteiger partial charge in [0.1, 0.15) is 0 Å². The molecule has 0 spiro atoms. The van der Waals surface area contributed by atoms with E-state index in [1.807, 2.05) is 19.9 Å². The molecule has 0 heterocycles. The number of hydrogen-bond acceptors (Lipinski definition) is 1. The summed E-state index contributed by atoms with van der Waals surface area (Å²) in [5.74, 6) is -0.372. The summed E-state index contributed by atoms with van der Waals surface area (Å²) in [7, 11) is 0. The molecule has 2 N–H and O–H groups in total. The molecular formula is C9H10BrNO. The number of nitrogens with two attached hydrogens (primary N) is 1. The van der Waals surface area contributed by atoms with Crippen molar-refractivity contribution < 1.29 is 4.79 Å². The summed E-state index contributed by atoms with van der Waals surface area (Å²) in [6.45, 7) is 3.79. The van der Waals surface area contributed by atoms with E-state index in [1.54, 1.807) is 6.07 Å². The van der Waals surface area contributed by atoms with Crippen molar-refractivity contribution in [1.82, 2.24) is 0 Å². The minimum absolute atomic E-state index is 0.372. The van der Waals surface area contributed by atoms with Crippen LogP contribution in [0.1, 0.15) is 21.5 Å². The summed E-state index contributed by atoms with van der Waals surface area (Å²) in [5, 5.41) is 0. The van der Waals surface area contributed by atoms with E-state index in [0.717, 1.165) is 15.6 Å². The number of benzene rings is 1. The van der Waals surface area contributed by atoms with Gasteiger partial charge in [-0.25, -0.2) is 0 Å². The quantitative estimate of drug-likeness (QED) is 0.786. The van der Waals surface area contributed by atoms with E-state index in [0.29, 0.717) is 5.56 Å². The zero-order valence-corrected chi connectivity index (χ0v) is 8.60. The largest absolute Gasteiger partial charge is 0.366 e. The fourth-order valence-electron chi connectivity index (χ4n) is 1.05. The van der Waals surface area contributed by atoms with Crippen molar-refractivity contribution in [3.05, 3.63) is 33.3 Å². The van der Waals surface area contributed by atoms with Gasteiger partial charge in [0.05, 0.1) is 0 Å². The second-order valence-electron chi connectivity index (χ2n) is 2.78. The Balaban J connectivity index is 3.33. The zero-order valence-electron chi connectivity index (χ0n) is 7.02. The lowest BCUT2D eigenvalue weighted by atomic mass is 10.1. The van der Waals surface area contributed by atoms with Gasteiger partial charge >= 0.3 is 0 Å². The van der Waals surface area contributed by atoms with Crippen LogP contribution in [0.25, 0.3) is 0 Å². The van der Waals surface area contributed by atoms with Crippen molar-refractivity contribution in [2.45, 2.75) is 13.8 Å². The first-order valence-corrected chi connectivity index (χ1v) is 4.38. The van der Waals surface area contributed by atoms with E-state index < -0.39 is 0 Å². The molecule has 12 heavy (non-hydrogen) atoms. The molecule has 1 rings (SSSR count). The molecule has 1 aromatic carbocycles. The Morgan fingerprint density at radius 3 is 2.42 bits per heavy atom. The van der Waals surface area contributed by atoms with Gasteiger partial charge < -0.3 is 5.73 Å². The molecule has 0 aliphatic rings. The van der Waals surface area contributed by atoms with Crippen LogP contribution in [0.15, 0.2) is 16.6 Å². The summed E-state index contributed by atoms with van der Waals surface area (Å²) >= 11 is 3.38. The monoisotopic (exact) mass is 227 g/mol. The third-order valence-electron chi connectivity index (χ3n) is 1.77. The van der Waals surface area contributed by atoms with Crippen molar-refractivity contribution >= 4 is 21.8 Å². The third kappa shape index (κ3) is 1.67. The van der Waals surface area contributed by atoms with Crippen molar-refractivity contribution in [1.29, 1.82) is 0 Å². The molecule has 0 saturated carbocycles. The second kappa shape index (κ2) is 3.27. The van der Waals surface area contributed by atoms with Gasteiger partial charge in [-0.05, 0) is 37.1 Å². The van der Waals surface area contributed by atoms with Crippen LogP contribution < -0.4 is 5.73 Å². The number of aryl methyl sites for hydroxylation is 2. The maximum Gasteiger partial charge on any atom is 0.248 e. The Hall–Kier alpha value is -0.830. The van der Waals surface area contributed by atoms with Gasteiger partial charge in [-0.15, -0.1) is 0 Å². The SMILES string of the molecule is Cc1cc(C(N)=O)c(C)cc1Br. The van der Waals surface area contributed by atoms with Crippen LogP contribution in [-0.2, 0) is 0 Å². The molecule has 3 heteroatoms. The van der Waals surface area contributed by atoms with E-state index in [-0.39, 0.29) is 5.91 Å². The molecule has 0 unspecified atom stereocenters. The molecule has 0 aromatic heterocycles. The number of carbonyl (C=O) groups excluding carboxylic acids is 1. The molecule has 0 atom stereocenters. The molecular weight excluding hydrogens is 218 g/mol. The van der Waals surface area contributed by atoms with Crippen molar-refractivity contribution in [3.63, 3.8) is 0 Å². The molecule has 0 aliphatic carbocycles. The van der Waals surface area contributed by atoms with Crippen molar-refractivity contribution in [3.8, 4) is 0 Å². The highest BCUT2D eigenvalue weighted by Crippen LogP contribution is 2.20. The maximum absolute atomic E-state index is 10.9. The molecule has 1 aromatic rings. The molecule has 0 aliphatic heterocycles. The smallest absolute Gasteiger partial charge is 0.248 e. The van der Waals surface area contributed by atoms with E-state index in [1.165, 1.54) is 0 Å². The molecule has 2 nitrogen and oxygen atoms in total. The fourth-order valence-corrected chi connectivity index (χ4v) is 1.50. The molecule has 0 radical (unpaired) electrons. The topological polar surface area (TPSA) is 43.1 Å². The Kier molecular flexibility index (Phi) is 2.52. The molecule has 1 amide bonds. The standard InChI is InChI=1S/C9H10BrNO/c1-5-4-8(10)6(2)3-7(5)9(11)12/h3-4H,1-2H3,(H2,11,12). The predicted molar refractivity (Wildman–Crippen MR) is 52.1 cm³/mol. The Labute approximate surface area is 79.9 Å². The number of rotatable bonds is 1. The average Bonchev–Trinajstić information content (AvgIpc) is 1.96. The van der Waals surface area contributed by atoms with E-state index in [9.17, 15) is 4.79 Å². The van der Waals surface area contributed by atoms with Crippen molar-refractivity contribution in [2.24, 2.45) is 5.73 Å². The molecule has 0 bridgehead atoms. The number of halogens is 1. The summed E-state index contributed by atoms with van der Waals surface area (Å²) in [5.41, 5.74) is 7.70. The number of amides is 1. The minimum atomic E-state index is -0.372. The highest BCUT2D eigenvalue weighted by atomic mass is 79.9. The highest BCUT2D eigenvalue weighted by Gasteiger charge is 2.06. The van der Waals surface area contributed by atoms with Gasteiger partial charge in [-0.3, -0.25) is 4.79 Å².